The molecular weight excluding hydrogens is 240 g/mol. The number of halogens is 1. The molecule has 0 bridgehead atoms. The summed E-state index contributed by atoms with van der Waals surface area (Å²) in [6.45, 7) is 6.28. The van der Waals surface area contributed by atoms with Crippen LogP contribution in [0.3, 0.4) is 0 Å². The van der Waals surface area contributed by atoms with Crippen LogP contribution in [0.25, 0.3) is 0 Å². The molecule has 0 spiro atoms. The van der Waals surface area contributed by atoms with E-state index in [1.807, 2.05) is 0 Å². The molecule has 1 aliphatic rings. The molecule has 1 aliphatic heterocycles. The van der Waals surface area contributed by atoms with Gasteiger partial charge in [0.25, 0.3) is 5.91 Å². The van der Waals surface area contributed by atoms with Crippen molar-refractivity contribution in [3.63, 3.8) is 0 Å². The Morgan fingerprint density at radius 2 is 2.24 bits per heavy atom. The van der Waals surface area contributed by atoms with Crippen molar-refractivity contribution in [2.45, 2.75) is 19.4 Å². The average molecular weight is 255 g/mol. The van der Waals surface area contributed by atoms with Crippen molar-refractivity contribution >= 4 is 17.5 Å². The second-order valence-corrected chi connectivity index (χ2v) is 5.17. The van der Waals surface area contributed by atoms with Crippen LogP contribution >= 0.6 is 11.6 Å². The van der Waals surface area contributed by atoms with Gasteiger partial charge in [-0.3, -0.25) is 4.79 Å². The lowest BCUT2D eigenvalue weighted by Gasteiger charge is -2.38. The normalized spacial score (nSPS) is 19.1. The summed E-state index contributed by atoms with van der Waals surface area (Å²) in [7, 11) is 0. The quantitative estimate of drug-likeness (QED) is 0.811. The van der Waals surface area contributed by atoms with Crippen LogP contribution in [0.15, 0.2) is 12.1 Å². The van der Waals surface area contributed by atoms with Gasteiger partial charge >= 0.3 is 0 Å². The molecule has 0 unspecified atom stereocenters. The van der Waals surface area contributed by atoms with Gasteiger partial charge in [-0.25, -0.2) is 0 Å². The highest BCUT2D eigenvalue weighted by Gasteiger charge is 2.29. The summed E-state index contributed by atoms with van der Waals surface area (Å²) in [6.07, 6.45) is 0. The highest BCUT2D eigenvalue weighted by atomic mass is 35.5. The Morgan fingerprint density at radius 3 is 2.82 bits per heavy atom. The van der Waals surface area contributed by atoms with E-state index in [0.29, 0.717) is 23.9 Å². The van der Waals surface area contributed by atoms with Gasteiger partial charge in [-0.05, 0) is 26.0 Å². The van der Waals surface area contributed by atoms with Gasteiger partial charge in [-0.2, -0.15) is 0 Å². The van der Waals surface area contributed by atoms with Crippen LogP contribution in [0.1, 0.15) is 24.3 Å². The maximum atomic E-state index is 12.2. The Hall–Kier alpha value is -1.20. The van der Waals surface area contributed by atoms with E-state index in [1.165, 1.54) is 0 Å². The van der Waals surface area contributed by atoms with Crippen LogP contribution < -0.4 is 5.32 Å². The molecule has 1 N–H and O–H groups in total. The van der Waals surface area contributed by atoms with E-state index >= 15 is 0 Å². The zero-order valence-corrected chi connectivity index (χ0v) is 10.7. The summed E-state index contributed by atoms with van der Waals surface area (Å²) in [4.78, 5) is 13.9. The minimum absolute atomic E-state index is 0.0617. The summed E-state index contributed by atoms with van der Waals surface area (Å²) >= 11 is 5.64. The number of hydrogen-bond acceptors (Lipinski definition) is 4. The molecule has 2 rings (SSSR count). The lowest BCUT2D eigenvalue weighted by Crippen LogP contribution is -2.58. The number of piperazine rings is 1. The molecule has 1 aromatic rings. The summed E-state index contributed by atoms with van der Waals surface area (Å²) < 4.78 is 0. The topological polar surface area (TPSA) is 58.1 Å². The van der Waals surface area contributed by atoms with Crippen LogP contribution in [-0.2, 0) is 0 Å². The number of nitrogens with one attached hydrogen (secondary N) is 1. The molecule has 17 heavy (non-hydrogen) atoms. The molecule has 0 aromatic carbocycles. The lowest BCUT2D eigenvalue weighted by atomic mass is 10.0. The van der Waals surface area contributed by atoms with Crippen molar-refractivity contribution in [1.82, 2.24) is 20.4 Å². The second-order valence-electron chi connectivity index (χ2n) is 4.78. The van der Waals surface area contributed by atoms with Gasteiger partial charge in [0, 0.05) is 25.2 Å². The van der Waals surface area contributed by atoms with Crippen molar-refractivity contribution in [2.24, 2.45) is 0 Å². The highest BCUT2D eigenvalue weighted by molar-refractivity contribution is 6.29. The van der Waals surface area contributed by atoms with Gasteiger partial charge in [0.15, 0.2) is 10.8 Å². The molecule has 92 valence electrons. The summed E-state index contributed by atoms with van der Waals surface area (Å²) in [6, 6.07) is 3.18. The van der Waals surface area contributed by atoms with Gasteiger partial charge in [-0.15, -0.1) is 10.2 Å². The molecule has 5 nitrogen and oxygen atoms in total. The number of carbonyl (C=O) groups is 1. The first-order valence-corrected chi connectivity index (χ1v) is 5.89. The molecule has 0 radical (unpaired) electrons. The fourth-order valence-corrected chi connectivity index (χ4v) is 2.01. The van der Waals surface area contributed by atoms with E-state index in [1.54, 1.807) is 17.0 Å². The van der Waals surface area contributed by atoms with Crippen LogP contribution in [0, 0.1) is 0 Å². The van der Waals surface area contributed by atoms with Gasteiger partial charge < -0.3 is 10.2 Å². The third-order valence-electron chi connectivity index (χ3n) is 2.71. The van der Waals surface area contributed by atoms with E-state index in [-0.39, 0.29) is 11.4 Å². The third-order valence-corrected chi connectivity index (χ3v) is 2.91. The summed E-state index contributed by atoms with van der Waals surface area (Å²) in [5.41, 5.74) is 0.278. The van der Waals surface area contributed by atoms with Crippen molar-refractivity contribution in [3.05, 3.63) is 23.0 Å². The minimum atomic E-state index is -0.0938. The monoisotopic (exact) mass is 254 g/mol. The lowest BCUT2D eigenvalue weighted by molar-refractivity contribution is 0.0645. The fourth-order valence-electron chi connectivity index (χ4n) is 1.91. The molecular formula is C11H15ClN4O. The summed E-state index contributed by atoms with van der Waals surface area (Å²) in [5.74, 6) is -0.0938. The van der Waals surface area contributed by atoms with Gasteiger partial charge in [0.2, 0.25) is 0 Å². The Kier molecular flexibility index (Phi) is 3.31. The van der Waals surface area contributed by atoms with E-state index in [2.05, 4.69) is 29.4 Å². The van der Waals surface area contributed by atoms with Crippen molar-refractivity contribution in [1.29, 1.82) is 0 Å². The van der Waals surface area contributed by atoms with Crippen LogP contribution in [-0.4, -0.2) is 46.2 Å². The first-order chi connectivity index (χ1) is 7.98. The third kappa shape index (κ3) is 2.92. The molecule has 1 fully saturated rings. The number of rotatable bonds is 1. The Labute approximate surface area is 105 Å². The number of hydrogen-bond donors (Lipinski definition) is 1. The van der Waals surface area contributed by atoms with Crippen molar-refractivity contribution in [2.75, 3.05) is 19.6 Å². The second kappa shape index (κ2) is 4.58. The van der Waals surface area contributed by atoms with Gasteiger partial charge in [0.1, 0.15) is 0 Å². The predicted octanol–water partition coefficient (Wildman–Crippen LogP) is 0.954. The SMILES string of the molecule is CC1(C)CN(C(=O)c2ccc(Cl)nn2)CCN1. The summed E-state index contributed by atoms with van der Waals surface area (Å²) in [5, 5.41) is 11.1. The first-order valence-electron chi connectivity index (χ1n) is 5.51. The Morgan fingerprint density at radius 1 is 1.47 bits per heavy atom. The number of aromatic nitrogens is 2. The molecule has 1 saturated heterocycles. The molecule has 0 atom stereocenters. The zero-order valence-electron chi connectivity index (χ0n) is 9.90. The highest BCUT2D eigenvalue weighted by Crippen LogP contribution is 2.13. The van der Waals surface area contributed by atoms with E-state index in [0.717, 1.165) is 6.54 Å². The van der Waals surface area contributed by atoms with E-state index in [9.17, 15) is 4.79 Å². The molecule has 6 heteroatoms. The van der Waals surface area contributed by atoms with Crippen LogP contribution in [0.4, 0.5) is 0 Å². The smallest absolute Gasteiger partial charge is 0.274 e. The fraction of sp³-hybridized carbons (Fsp3) is 0.545. The first kappa shape index (κ1) is 12.3. The molecule has 1 aromatic heterocycles. The van der Waals surface area contributed by atoms with Crippen molar-refractivity contribution < 1.29 is 4.79 Å². The van der Waals surface area contributed by atoms with Gasteiger partial charge in [-0.1, -0.05) is 11.6 Å². The van der Waals surface area contributed by atoms with Gasteiger partial charge in [0.05, 0.1) is 0 Å². The molecule has 0 aliphatic carbocycles. The van der Waals surface area contributed by atoms with E-state index < -0.39 is 0 Å². The molecule has 2 heterocycles. The average Bonchev–Trinajstić information content (AvgIpc) is 2.28. The standard InChI is InChI=1S/C11H15ClN4O/c1-11(2)7-16(6-5-13-11)10(17)8-3-4-9(12)15-14-8/h3-4,13H,5-7H2,1-2H3. The Balaban J connectivity index is 2.12. The Bertz CT molecular complexity index is 418. The molecule has 1 amide bonds. The van der Waals surface area contributed by atoms with Crippen LogP contribution in [0.2, 0.25) is 5.15 Å². The van der Waals surface area contributed by atoms with E-state index in [4.69, 9.17) is 11.6 Å². The largest absolute Gasteiger partial charge is 0.334 e. The minimum Gasteiger partial charge on any atom is -0.334 e. The molecule has 0 saturated carbocycles. The zero-order chi connectivity index (χ0) is 12.5. The number of carbonyl (C=O) groups excluding carboxylic acids is 1. The van der Waals surface area contributed by atoms with Crippen molar-refractivity contribution in [3.8, 4) is 0 Å². The number of nitrogens with zero attached hydrogens (tertiary/aromatic N) is 3. The maximum absolute atomic E-state index is 12.2. The van der Waals surface area contributed by atoms with Crippen LogP contribution in [0.5, 0.6) is 0 Å². The maximum Gasteiger partial charge on any atom is 0.274 e. The predicted molar refractivity (Wildman–Crippen MR) is 65.0 cm³/mol. The number of amides is 1.